The van der Waals surface area contributed by atoms with Gasteiger partial charge in [0.1, 0.15) is 11.8 Å². The highest BCUT2D eigenvalue weighted by Gasteiger charge is 2.25. The summed E-state index contributed by atoms with van der Waals surface area (Å²) in [5.74, 6) is 1.57. The van der Waals surface area contributed by atoms with Crippen molar-refractivity contribution in [1.82, 2.24) is 14.2 Å². The second kappa shape index (κ2) is 8.20. The number of hydrogen-bond acceptors (Lipinski definition) is 6. The minimum absolute atomic E-state index is 0.0503. The van der Waals surface area contributed by atoms with Gasteiger partial charge in [0.15, 0.2) is 0 Å². The van der Waals surface area contributed by atoms with Crippen LogP contribution in [0.2, 0.25) is 0 Å². The van der Waals surface area contributed by atoms with Crippen LogP contribution >= 0.6 is 11.5 Å². The third kappa shape index (κ3) is 3.75. The van der Waals surface area contributed by atoms with Crippen LogP contribution in [0.1, 0.15) is 17.5 Å². The van der Waals surface area contributed by atoms with Gasteiger partial charge in [0, 0.05) is 12.0 Å². The van der Waals surface area contributed by atoms with E-state index in [2.05, 4.69) is 10.2 Å². The van der Waals surface area contributed by atoms with Crippen molar-refractivity contribution >= 4 is 21.6 Å². The molecule has 154 valence electrons. The zero-order chi connectivity index (χ0) is 21.2. The van der Waals surface area contributed by atoms with Crippen LogP contribution in [-0.4, -0.2) is 21.3 Å². The Morgan fingerprint density at radius 3 is 2.45 bits per heavy atom. The van der Waals surface area contributed by atoms with Crippen LogP contribution in [-0.2, 0) is 6.42 Å². The van der Waals surface area contributed by atoms with Crippen molar-refractivity contribution in [3.05, 3.63) is 101 Å². The van der Waals surface area contributed by atoms with E-state index in [1.54, 1.807) is 11.1 Å². The highest BCUT2D eigenvalue weighted by atomic mass is 32.1. The third-order valence-corrected chi connectivity index (χ3v) is 6.30. The van der Waals surface area contributed by atoms with Crippen molar-refractivity contribution in [3.63, 3.8) is 0 Å². The van der Waals surface area contributed by atoms with Crippen LogP contribution in [0.15, 0.2) is 88.1 Å². The van der Waals surface area contributed by atoms with Crippen molar-refractivity contribution in [3.8, 4) is 17.2 Å². The molecule has 1 unspecified atom stereocenters. The molecule has 0 radical (unpaired) electrons. The molecule has 1 atom stereocenters. The predicted octanol–water partition coefficient (Wildman–Crippen LogP) is 4.95. The van der Waals surface area contributed by atoms with Gasteiger partial charge in [-0.1, -0.05) is 54.0 Å². The number of ether oxygens (including phenoxy) is 1. The molecule has 2 heterocycles. The Hall–Kier alpha value is -3.71. The van der Waals surface area contributed by atoms with E-state index in [1.165, 1.54) is 11.5 Å². The van der Waals surface area contributed by atoms with Crippen LogP contribution < -0.4 is 10.3 Å². The second-order valence-electron chi connectivity index (χ2n) is 7.10. The normalized spacial score (nSPS) is 12.2. The van der Waals surface area contributed by atoms with Crippen LogP contribution in [0.3, 0.4) is 0 Å². The van der Waals surface area contributed by atoms with E-state index < -0.39 is 6.04 Å². The zero-order valence-electron chi connectivity index (χ0n) is 16.8. The lowest BCUT2D eigenvalue weighted by atomic mass is 10.1. The molecule has 0 aliphatic rings. The summed E-state index contributed by atoms with van der Waals surface area (Å²) in [6, 6.07) is 24.6. The second-order valence-corrected chi connectivity index (χ2v) is 8.11. The van der Waals surface area contributed by atoms with Gasteiger partial charge < -0.3 is 9.15 Å². The molecule has 0 bridgehead atoms. The van der Waals surface area contributed by atoms with Gasteiger partial charge in [0.2, 0.25) is 11.8 Å². The van der Waals surface area contributed by atoms with E-state index in [4.69, 9.17) is 9.15 Å². The monoisotopic (exact) mass is 429 g/mol. The fourth-order valence-electron chi connectivity index (χ4n) is 3.52. The van der Waals surface area contributed by atoms with Gasteiger partial charge in [-0.25, -0.2) is 0 Å². The number of fused-ring (bicyclic) bond motifs is 1. The summed E-state index contributed by atoms with van der Waals surface area (Å²) in [6.45, 7) is 0. The first kappa shape index (κ1) is 19.3. The summed E-state index contributed by atoms with van der Waals surface area (Å²) in [5, 5.41) is 9.26. The van der Waals surface area contributed by atoms with E-state index >= 15 is 0 Å². The number of methoxy groups -OCH3 is 1. The average Bonchev–Trinajstić information content (AvgIpc) is 3.44. The topological polar surface area (TPSA) is 70.2 Å². The van der Waals surface area contributed by atoms with E-state index in [1.807, 2.05) is 78.9 Å². The van der Waals surface area contributed by atoms with Gasteiger partial charge in [-0.15, -0.1) is 10.2 Å². The molecule has 7 heteroatoms. The Morgan fingerprint density at radius 1 is 0.968 bits per heavy atom. The quantitative estimate of drug-likeness (QED) is 0.382. The number of nitrogens with zero attached hydrogens (tertiary/aromatic N) is 3. The number of benzene rings is 3. The summed E-state index contributed by atoms with van der Waals surface area (Å²) in [7, 11) is 1.62. The molecule has 0 amide bonds. The Labute approximate surface area is 182 Å². The summed E-state index contributed by atoms with van der Waals surface area (Å²) in [5.41, 5.74) is 1.83. The van der Waals surface area contributed by atoms with Crippen LogP contribution in [0.5, 0.6) is 5.75 Å². The Kier molecular flexibility index (Phi) is 5.09. The first-order valence-electron chi connectivity index (χ1n) is 9.85. The van der Waals surface area contributed by atoms with Crippen molar-refractivity contribution in [2.45, 2.75) is 12.5 Å². The van der Waals surface area contributed by atoms with Crippen molar-refractivity contribution in [2.75, 3.05) is 7.11 Å². The maximum absolute atomic E-state index is 13.2. The van der Waals surface area contributed by atoms with E-state index in [0.29, 0.717) is 23.6 Å². The highest BCUT2D eigenvalue weighted by molar-refractivity contribution is 7.13. The Morgan fingerprint density at radius 2 is 1.71 bits per heavy atom. The predicted molar refractivity (Wildman–Crippen MR) is 121 cm³/mol. The lowest BCUT2D eigenvalue weighted by Crippen LogP contribution is -2.22. The lowest BCUT2D eigenvalue weighted by molar-refractivity contribution is 0.414. The van der Waals surface area contributed by atoms with E-state index in [9.17, 15) is 4.79 Å². The summed E-state index contributed by atoms with van der Waals surface area (Å²) in [6.07, 6.45) is 0.567. The van der Waals surface area contributed by atoms with Crippen molar-refractivity contribution in [1.29, 1.82) is 0 Å². The summed E-state index contributed by atoms with van der Waals surface area (Å²) in [4.78, 5) is 13.2. The molecule has 2 aromatic heterocycles. The standard InChI is InChI=1S/C24H19N3O3S/c1-29-18-13-11-17(12-14-18)22-25-26-23(30-22)20(15-16-7-3-2-4-8-16)27-24(28)19-9-5-6-10-21(19)31-27/h2-14,20H,15H2,1H3. The molecule has 0 saturated carbocycles. The molecule has 0 fully saturated rings. The molecule has 6 nitrogen and oxygen atoms in total. The molecule has 3 aromatic carbocycles. The van der Waals surface area contributed by atoms with Gasteiger partial charge in [-0.3, -0.25) is 8.75 Å². The van der Waals surface area contributed by atoms with E-state index in [0.717, 1.165) is 21.6 Å². The number of aromatic nitrogens is 3. The first-order valence-corrected chi connectivity index (χ1v) is 10.6. The van der Waals surface area contributed by atoms with Crippen molar-refractivity contribution in [2.24, 2.45) is 0 Å². The SMILES string of the molecule is COc1ccc(-c2nnc(C(Cc3ccccc3)n3sc4ccccc4c3=O)o2)cc1. The molecule has 5 aromatic rings. The van der Waals surface area contributed by atoms with Crippen LogP contribution in [0.25, 0.3) is 21.5 Å². The molecule has 0 aliphatic heterocycles. The largest absolute Gasteiger partial charge is 0.497 e. The van der Waals surface area contributed by atoms with E-state index in [-0.39, 0.29) is 5.56 Å². The molecule has 0 N–H and O–H groups in total. The zero-order valence-corrected chi connectivity index (χ0v) is 17.6. The van der Waals surface area contributed by atoms with Gasteiger partial charge in [-0.05, 0) is 42.0 Å². The maximum atomic E-state index is 13.2. The maximum Gasteiger partial charge on any atom is 0.269 e. The minimum Gasteiger partial charge on any atom is -0.497 e. The van der Waals surface area contributed by atoms with Gasteiger partial charge in [0.25, 0.3) is 5.56 Å². The first-order chi connectivity index (χ1) is 15.2. The van der Waals surface area contributed by atoms with Gasteiger partial charge in [-0.2, -0.15) is 0 Å². The number of rotatable bonds is 6. The molecule has 0 spiro atoms. The van der Waals surface area contributed by atoms with Gasteiger partial charge >= 0.3 is 0 Å². The molecule has 0 saturated heterocycles. The highest BCUT2D eigenvalue weighted by Crippen LogP contribution is 2.29. The summed E-state index contributed by atoms with van der Waals surface area (Å²) >= 11 is 1.42. The lowest BCUT2D eigenvalue weighted by Gasteiger charge is -2.13. The van der Waals surface area contributed by atoms with Crippen LogP contribution in [0, 0.1) is 0 Å². The van der Waals surface area contributed by atoms with Crippen LogP contribution in [0.4, 0.5) is 0 Å². The molecular weight excluding hydrogens is 410 g/mol. The Balaban J connectivity index is 1.58. The fraction of sp³-hybridized carbons (Fsp3) is 0.125. The number of hydrogen-bond donors (Lipinski definition) is 0. The van der Waals surface area contributed by atoms with Crippen molar-refractivity contribution < 1.29 is 9.15 Å². The fourth-order valence-corrected chi connectivity index (χ4v) is 4.60. The molecule has 0 aliphatic carbocycles. The van der Waals surface area contributed by atoms with Gasteiger partial charge in [0.05, 0.1) is 17.2 Å². The molecule has 31 heavy (non-hydrogen) atoms. The Bertz CT molecular complexity index is 1370. The molecule has 5 rings (SSSR count). The third-order valence-electron chi connectivity index (χ3n) is 5.13. The minimum atomic E-state index is -0.396. The smallest absolute Gasteiger partial charge is 0.269 e. The summed E-state index contributed by atoms with van der Waals surface area (Å²) < 4.78 is 13.9. The average molecular weight is 430 g/mol. The molecular formula is C24H19N3O3S.